The van der Waals surface area contributed by atoms with E-state index in [1.54, 1.807) is 24.3 Å². The number of amides is 1. The zero-order valence-electron chi connectivity index (χ0n) is 11.3. The maximum Gasteiger partial charge on any atom is 0.293 e. The van der Waals surface area contributed by atoms with Gasteiger partial charge in [-0.1, -0.05) is 12.1 Å². The van der Waals surface area contributed by atoms with E-state index in [1.165, 1.54) is 24.3 Å². The number of nitro benzene ring substituents is 1. The molecule has 0 saturated carbocycles. The number of carbonyl (C=O) groups is 1. The lowest BCUT2D eigenvalue weighted by Crippen LogP contribution is -2.12. The van der Waals surface area contributed by atoms with E-state index in [0.717, 1.165) is 0 Å². The smallest absolute Gasteiger partial charge is 0.293 e. The van der Waals surface area contributed by atoms with Crippen molar-refractivity contribution >= 4 is 33.9 Å². The number of para-hydroxylation sites is 1. The van der Waals surface area contributed by atoms with E-state index in [-0.39, 0.29) is 17.1 Å². The van der Waals surface area contributed by atoms with E-state index in [4.69, 9.17) is 10.2 Å². The lowest BCUT2D eigenvalue weighted by Gasteiger charge is -2.03. The molecule has 3 N–H and O–H groups in total. The highest BCUT2D eigenvalue weighted by Gasteiger charge is 2.18. The Morgan fingerprint density at radius 1 is 1.14 bits per heavy atom. The lowest BCUT2D eigenvalue weighted by molar-refractivity contribution is -0.384. The molecule has 0 fully saturated rings. The van der Waals surface area contributed by atoms with Crippen LogP contribution in [0.4, 0.5) is 17.1 Å². The Morgan fingerprint density at radius 3 is 2.45 bits per heavy atom. The number of fused-ring (bicyclic) bond motifs is 1. The second-order valence-corrected chi connectivity index (χ2v) is 4.60. The number of nitrogens with two attached hydrogens (primary N) is 1. The highest BCUT2D eigenvalue weighted by Crippen LogP contribution is 2.28. The number of nitrogens with zero attached hydrogens (tertiary/aromatic N) is 1. The summed E-state index contributed by atoms with van der Waals surface area (Å²) in [5.74, 6) is -0.498. The van der Waals surface area contributed by atoms with E-state index < -0.39 is 10.8 Å². The molecule has 7 heteroatoms. The number of non-ortho nitro benzene ring substituents is 1. The minimum Gasteiger partial charge on any atom is -0.449 e. The first-order valence-corrected chi connectivity index (χ1v) is 6.39. The van der Waals surface area contributed by atoms with E-state index in [2.05, 4.69) is 5.32 Å². The van der Waals surface area contributed by atoms with Crippen molar-refractivity contribution in [2.45, 2.75) is 0 Å². The van der Waals surface area contributed by atoms with Gasteiger partial charge in [0.1, 0.15) is 5.58 Å². The minimum atomic E-state index is -0.512. The van der Waals surface area contributed by atoms with Gasteiger partial charge in [-0.25, -0.2) is 0 Å². The van der Waals surface area contributed by atoms with Crippen LogP contribution in [0.15, 0.2) is 52.9 Å². The Kier molecular flexibility index (Phi) is 3.23. The van der Waals surface area contributed by atoms with Crippen molar-refractivity contribution in [3.63, 3.8) is 0 Å². The molecule has 0 atom stereocenters. The van der Waals surface area contributed by atoms with Gasteiger partial charge in [-0.05, 0) is 24.3 Å². The van der Waals surface area contributed by atoms with Crippen LogP contribution in [0.3, 0.4) is 0 Å². The van der Waals surface area contributed by atoms with Crippen LogP contribution in [-0.2, 0) is 0 Å². The second kappa shape index (κ2) is 5.21. The van der Waals surface area contributed by atoms with E-state index in [9.17, 15) is 14.9 Å². The monoisotopic (exact) mass is 297 g/mol. The molecule has 1 aromatic heterocycles. The molecule has 0 aliphatic rings. The predicted octanol–water partition coefficient (Wildman–Crippen LogP) is 3.18. The van der Waals surface area contributed by atoms with Gasteiger partial charge in [-0.15, -0.1) is 0 Å². The summed E-state index contributed by atoms with van der Waals surface area (Å²) >= 11 is 0. The number of benzene rings is 2. The summed E-state index contributed by atoms with van der Waals surface area (Å²) < 4.78 is 5.45. The SMILES string of the molecule is Nc1c(C(=O)Nc2ccc([N+](=O)[O-])cc2)oc2ccccc12. The number of anilines is 2. The largest absolute Gasteiger partial charge is 0.449 e. The molecular formula is C15H11N3O4. The molecule has 7 nitrogen and oxygen atoms in total. The fourth-order valence-electron chi connectivity index (χ4n) is 2.09. The summed E-state index contributed by atoms with van der Waals surface area (Å²) in [5.41, 5.74) is 7.05. The van der Waals surface area contributed by atoms with Crippen molar-refractivity contribution in [2.75, 3.05) is 11.1 Å². The third-order valence-corrected chi connectivity index (χ3v) is 3.18. The summed E-state index contributed by atoms with van der Waals surface area (Å²) in [6.07, 6.45) is 0. The van der Waals surface area contributed by atoms with E-state index in [1.807, 2.05) is 0 Å². The first-order chi connectivity index (χ1) is 10.6. The van der Waals surface area contributed by atoms with Crippen LogP contribution >= 0.6 is 0 Å². The van der Waals surface area contributed by atoms with Crippen molar-refractivity contribution in [3.05, 3.63) is 64.4 Å². The third kappa shape index (κ3) is 2.35. The molecule has 3 rings (SSSR count). The van der Waals surface area contributed by atoms with Crippen LogP contribution in [0.1, 0.15) is 10.6 Å². The predicted molar refractivity (Wildman–Crippen MR) is 81.7 cm³/mol. The zero-order chi connectivity index (χ0) is 15.7. The van der Waals surface area contributed by atoms with Crippen LogP contribution in [0, 0.1) is 10.1 Å². The van der Waals surface area contributed by atoms with Crippen LogP contribution in [0.25, 0.3) is 11.0 Å². The Hall–Kier alpha value is -3.35. The zero-order valence-corrected chi connectivity index (χ0v) is 11.3. The number of furan rings is 1. The van der Waals surface area contributed by atoms with Gasteiger partial charge in [0.2, 0.25) is 5.76 Å². The Labute approximate surface area is 124 Å². The van der Waals surface area contributed by atoms with Crippen LogP contribution in [0.2, 0.25) is 0 Å². The summed E-state index contributed by atoms with van der Waals surface area (Å²) in [5, 5.41) is 13.8. The molecule has 0 bridgehead atoms. The molecule has 0 saturated heterocycles. The molecule has 0 aliphatic heterocycles. The molecule has 0 aliphatic carbocycles. The van der Waals surface area contributed by atoms with Crippen LogP contribution in [0.5, 0.6) is 0 Å². The molecule has 3 aromatic rings. The highest BCUT2D eigenvalue weighted by atomic mass is 16.6. The summed E-state index contributed by atoms with van der Waals surface area (Å²) in [6, 6.07) is 12.5. The minimum absolute atomic E-state index is 0.0135. The number of hydrogen-bond acceptors (Lipinski definition) is 5. The topological polar surface area (TPSA) is 111 Å². The van der Waals surface area contributed by atoms with Gasteiger partial charge < -0.3 is 15.5 Å². The van der Waals surface area contributed by atoms with Crippen LogP contribution in [-0.4, -0.2) is 10.8 Å². The highest BCUT2D eigenvalue weighted by molar-refractivity contribution is 6.10. The van der Waals surface area contributed by atoms with Gasteiger partial charge in [-0.3, -0.25) is 14.9 Å². The first-order valence-electron chi connectivity index (χ1n) is 6.39. The number of carbonyl (C=O) groups excluding carboxylic acids is 1. The quantitative estimate of drug-likeness (QED) is 0.569. The van der Waals surface area contributed by atoms with Gasteiger partial charge in [0.15, 0.2) is 0 Å². The van der Waals surface area contributed by atoms with Gasteiger partial charge in [0, 0.05) is 23.2 Å². The third-order valence-electron chi connectivity index (χ3n) is 3.18. The molecule has 0 unspecified atom stereocenters. The Balaban J connectivity index is 1.87. The van der Waals surface area contributed by atoms with Crippen molar-refractivity contribution in [2.24, 2.45) is 0 Å². The van der Waals surface area contributed by atoms with Crippen molar-refractivity contribution in [1.29, 1.82) is 0 Å². The maximum atomic E-state index is 12.2. The number of hydrogen-bond donors (Lipinski definition) is 2. The Morgan fingerprint density at radius 2 is 1.82 bits per heavy atom. The second-order valence-electron chi connectivity index (χ2n) is 4.60. The fraction of sp³-hybridized carbons (Fsp3) is 0. The first kappa shape index (κ1) is 13.6. The molecule has 0 spiro atoms. The maximum absolute atomic E-state index is 12.2. The molecule has 1 heterocycles. The number of rotatable bonds is 3. The van der Waals surface area contributed by atoms with E-state index >= 15 is 0 Å². The van der Waals surface area contributed by atoms with E-state index in [0.29, 0.717) is 16.7 Å². The number of nitro groups is 1. The average Bonchev–Trinajstić information content (AvgIpc) is 2.85. The molecule has 2 aromatic carbocycles. The molecule has 1 amide bonds. The summed E-state index contributed by atoms with van der Waals surface area (Å²) in [6.45, 7) is 0. The number of nitrogen functional groups attached to an aromatic ring is 1. The Bertz CT molecular complexity index is 868. The van der Waals surface area contributed by atoms with Crippen molar-refractivity contribution < 1.29 is 14.1 Å². The standard InChI is InChI=1S/C15H11N3O4/c16-13-11-3-1-2-4-12(11)22-14(13)15(19)17-9-5-7-10(8-6-9)18(20)21/h1-8H,16H2,(H,17,19). The van der Waals surface area contributed by atoms with Gasteiger partial charge >= 0.3 is 0 Å². The van der Waals surface area contributed by atoms with Crippen molar-refractivity contribution in [1.82, 2.24) is 0 Å². The summed E-state index contributed by atoms with van der Waals surface area (Å²) in [4.78, 5) is 22.3. The normalized spacial score (nSPS) is 10.5. The average molecular weight is 297 g/mol. The molecule has 0 radical (unpaired) electrons. The fourth-order valence-corrected chi connectivity index (χ4v) is 2.09. The molecule has 22 heavy (non-hydrogen) atoms. The number of nitrogens with one attached hydrogen (secondary N) is 1. The van der Waals surface area contributed by atoms with Gasteiger partial charge in [0.25, 0.3) is 11.6 Å². The summed E-state index contributed by atoms with van der Waals surface area (Å²) in [7, 11) is 0. The lowest BCUT2D eigenvalue weighted by atomic mass is 10.2. The van der Waals surface area contributed by atoms with Gasteiger partial charge in [-0.2, -0.15) is 0 Å². The van der Waals surface area contributed by atoms with Crippen molar-refractivity contribution in [3.8, 4) is 0 Å². The van der Waals surface area contributed by atoms with Crippen LogP contribution < -0.4 is 11.1 Å². The molecular weight excluding hydrogens is 286 g/mol. The molecule has 110 valence electrons. The van der Waals surface area contributed by atoms with Gasteiger partial charge in [0.05, 0.1) is 10.6 Å².